The van der Waals surface area contributed by atoms with E-state index in [1.807, 2.05) is 17.0 Å². The maximum atomic E-state index is 13.0. The van der Waals surface area contributed by atoms with Crippen LogP contribution in [0.1, 0.15) is 48.0 Å². The summed E-state index contributed by atoms with van der Waals surface area (Å²) in [6.07, 6.45) is 3.18. The highest BCUT2D eigenvalue weighted by atomic mass is 16.5. The van der Waals surface area contributed by atoms with Crippen LogP contribution in [0.2, 0.25) is 0 Å². The Labute approximate surface area is 159 Å². The van der Waals surface area contributed by atoms with Gasteiger partial charge < -0.3 is 14.4 Å². The lowest BCUT2D eigenvalue weighted by molar-refractivity contribution is -0.131. The van der Waals surface area contributed by atoms with Crippen LogP contribution >= 0.6 is 0 Å². The van der Waals surface area contributed by atoms with Gasteiger partial charge in [0.2, 0.25) is 0 Å². The zero-order valence-corrected chi connectivity index (χ0v) is 15.8. The van der Waals surface area contributed by atoms with Crippen molar-refractivity contribution in [3.8, 4) is 11.5 Å². The molecule has 1 atom stereocenters. The highest BCUT2D eigenvalue weighted by molar-refractivity contribution is 5.94. The molecule has 0 radical (unpaired) electrons. The lowest BCUT2D eigenvalue weighted by Crippen LogP contribution is -2.34. The molecule has 0 aliphatic carbocycles. The van der Waals surface area contributed by atoms with Crippen LogP contribution in [0.5, 0.6) is 11.5 Å². The number of esters is 1. The third kappa shape index (κ3) is 4.88. The van der Waals surface area contributed by atoms with Crippen LogP contribution in [0.4, 0.5) is 0 Å². The number of nitrogens with zero attached hydrogens (tertiary/aromatic N) is 1. The van der Waals surface area contributed by atoms with E-state index >= 15 is 0 Å². The Kier molecular flexibility index (Phi) is 6.12. The van der Waals surface area contributed by atoms with E-state index in [1.54, 1.807) is 31.4 Å². The van der Waals surface area contributed by atoms with Crippen LogP contribution in [0.15, 0.2) is 48.5 Å². The molecule has 1 aliphatic rings. The summed E-state index contributed by atoms with van der Waals surface area (Å²) in [5.41, 5.74) is 1.85. The normalized spacial score (nSPS) is 17.1. The molecule has 1 heterocycles. The molecule has 1 amide bonds. The van der Waals surface area contributed by atoms with Crippen LogP contribution in [-0.2, 0) is 4.79 Å². The van der Waals surface area contributed by atoms with Gasteiger partial charge in [0.25, 0.3) is 5.91 Å². The summed E-state index contributed by atoms with van der Waals surface area (Å²) in [5.74, 6) is 1.26. The first-order valence-corrected chi connectivity index (χ1v) is 9.28. The molecular weight excluding hydrogens is 342 g/mol. The monoisotopic (exact) mass is 367 g/mol. The van der Waals surface area contributed by atoms with E-state index < -0.39 is 0 Å². The van der Waals surface area contributed by atoms with Crippen molar-refractivity contribution >= 4 is 11.9 Å². The number of carbonyl (C=O) groups excluding carboxylic acids is 2. The third-order valence-corrected chi connectivity index (χ3v) is 4.91. The minimum absolute atomic E-state index is 0.0183. The van der Waals surface area contributed by atoms with Gasteiger partial charge in [-0.15, -0.1) is 0 Å². The van der Waals surface area contributed by atoms with Gasteiger partial charge in [-0.1, -0.05) is 18.6 Å². The van der Waals surface area contributed by atoms with Crippen molar-refractivity contribution in [2.24, 2.45) is 0 Å². The first-order chi connectivity index (χ1) is 13.1. The molecule has 2 aromatic rings. The van der Waals surface area contributed by atoms with Crippen molar-refractivity contribution in [1.82, 2.24) is 4.90 Å². The summed E-state index contributed by atoms with van der Waals surface area (Å²) >= 11 is 0. The number of ether oxygens (including phenoxy) is 2. The molecule has 0 unspecified atom stereocenters. The lowest BCUT2D eigenvalue weighted by atomic mass is 9.94. The van der Waals surface area contributed by atoms with Gasteiger partial charge in [0.05, 0.1) is 7.11 Å². The molecule has 0 saturated carbocycles. The van der Waals surface area contributed by atoms with Gasteiger partial charge in [0.15, 0.2) is 0 Å². The summed E-state index contributed by atoms with van der Waals surface area (Å²) in [4.78, 5) is 25.9. The quantitative estimate of drug-likeness (QED) is 0.605. The topological polar surface area (TPSA) is 55.8 Å². The summed E-state index contributed by atoms with van der Waals surface area (Å²) < 4.78 is 10.3. The van der Waals surface area contributed by atoms with Crippen molar-refractivity contribution in [3.63, 3.8) is 0 Å². The maximum Gasteiger partial charge on any atom is 0.308 e. The van der Waals surface area contributed by atoms with E-state index in [1.165, 1.54) is 12.5 Å². The fourth-order valence-electron chi connectivity index (χ4n) is 3.49. The van der Waals surface area contributed by atoms with Crippen LogP contribution in [0, 0.1) is 0 Å². The molecule has 27 heavy (non-hydrogen) atoms. The van der Waals surface area contributed by atoms with Crippen molar-refractivity contribution in [2.45, 2.75) is 32.1 Å². The van der Waals surface area contributed by atoms with Crippen LogP contribution in [-0.4, -0.2) is 37.0 Å². The summed E-state index contributed by atoms with van der Waals surface area (Å²) in [5, 5.41) is 0. The predicted octanol–water partition coefficient (Wildman–Crippen LogP) is 4.03. The molecule has 3 rings (SSSR count). The molecule has 5 heteroatoms. The smallest absolute Gasteiger partial charge is 0.308 e. The van der Waals surface area contributed by atoms with Crippen molar-refractivity contribution in [3.05, 3.63) is 59.7 Å². The second-order valence-electron chi connectivity index (χ2n) is 6.84. The van der Waals surface area contributed by atoms with Gasteiger partial charge in [0.1, 0.15) is 11.5 Å². The second-order valence-corrected chi connectivity index (χ2v) is 6.84. The maximum absolute atomic E-state index is 13.0. The summed E-state index contributed by atoms with van der Waals surface area (Å²) in [6, 6.07) is 14.9. The first-order valence-electron chi connectivity index (χ1n) is 9.28. The van der Waals surface area contributed by atoms with Gasteiger partial charge in [-0.05, 0) is 54.8 Å². The zero-order chi connectivity index (χ0) is 19.2. The van der Waals surface area contributed by atoms with Crippen molar-refractivity contribution in [2.75, 3.05) is 20.2 Å². The van der Waals surface area contributed by atoms with E-state index in [-0.39, 0.29) is 11.9 Å². The molecule has 0 N–H and O–H groups in total. The van der Waals surface area contributed by atoms with E-state index in [0.717, 1.165) is 31.6 Å². The Morgan fingerprint density at radius 3 is 2.26 bits per heavy atom. The minimum atomic E-state index is -0.371. The largest absolute Gasteiger partial charge is 0.497 e. The van der Waals surface area contributed by atoms with Gasteiger partial charge in [-0.25, -0.2) is 0 Å². The van der Waals surface area contributed by atoms with Gasteiger partial charge in [-0.3, -0.25) is 9.59 Å². The number of hydrogen-bond donors (Lipinski definition) is 0. The van der Waals surface area contributed by atoms with E-state index in [0.29, 0.717) is 23.8 Å². The zero-order valence-electron chi connectivity index (χ0n) is 15.8. The first kappa shape index (κ1) is 19.0. The van der Waals surface area contributed by atoms with Crippen LogP contribution in [0.3, 0.4) is 0 Å². The molecule has 1 saturated heterocycles. The lowest BCUT2D eigenvalue weighted by Gasteiger charge is -2.25. The Morgan fingerprint density at radius 1 is 0.963 bits per heavy atom. The van der Waals surface area contributed by atoms with Gasteiger partial charge in [0, 0.05) is 31.5 Å². The van der Waals surface area contributed by atoms with E-state index in [2.05, 4.69) is 12.1 Å². The van der Waals surface area contributed by atoms with Crippen LogP contribution in [0.25, 0.3) is 0 Å². The number of rotatable bonds is 4. The fraction of sp³-hybridized carbons (Fsp3) is 0.364. The van der Waals surface area contributed by atoms with Crippen molar-refractivity contribution < 1.29 is 19.1 Å². The fourth-order valence-corrected chi connectivity index (χ4v) is 3.49. The number of likely N-dealkylation sites (tertiary alicyclic amines) is 1. The number of methoxy groups -OCH3 is 1. The van der Waals surface area contributed by atoms with Gasteiger partial charge in [-0.2, -0.15) is 0 Å². The molecule has 0 bridgehead atoms. The van der Waals surface area contributed by atoms with Crippen molar-refractivity contribution in [1.29, 1.82) is 0 Å². The molecule has 1 aliphatic heterocycles. The third-order valence-electron chi connectivity index (χ3n) is 4.91. The summed E-state index contributed by atoms with van der Waals surface area (Å²) in [6.45, 7) is 2.82. The Morgan fingerprint density at radius 2 is 1.63 bits per heavy atom. The molecule has 5 nitrogen and oxygen atoms in total. The average Bonchev–Trinajstić information content (AvgIpc) is 2.94. The second kappa shape index (κ2) is 8.71. The summed E-state index contributed by atoms with van der Waals surface area (Å²) in [7, 11) is 1.66. The molecule has 1 fully saturated rings. The minimum Gasteiger partial charge on any atom is -0.497 e. The molecule has 0 spiro atoms. The van der Waals surface area contributed by atoms with Crippen LogP contribution < -0.4 is 9.47 Å². The predicted molar refractivity (Wildman–Crippen MR) is 103 cm³/mol. The van der Waals surface area contributed by atoms with Gasteiger partial charge >= 0.3 is 5.97 Å². The van der Waals surface area contributed by atoms with E-state index in [9.17, 15) is 9.59 Å². The highest BCUT2D eigenvalue weighted by Crippen LogP contribution is 2.28. The number of hydrogen-bond acceptors (Lipinski definition) is 4. The Hall–Kier alpha value is -2.82. The average molecular weight is 367 g/mol. The number of benzene rings is 2. The van der Waals surface area contributed by atoms with E-state index in [4.69, 9.17) is 9.47 Å². The molecule has 2 aromatic carbocycles. The number of amides is 1. The number of carbonyl (C=O) groups is 2. The molecular formula is C22H25NO4. The Balaban J connectivity index is 1.72. The SMILES string of the molecule is COc1ccc([C@H]2CCCCN(C(=O)c3ccc(OC(C)=O)cc3)C2)cc1. The highest BCUT2D eigenvalue weighted by Gasteiger charge is 2.24. The Bertz CT molecular complexity index is 783. The standard InChI is InChI=1S/C22H25NO4/c1-16(24)27-21-12-8-18(9-13-21)22(25)23-14-4-3-5-19(15-23)17-6-10-20(26-2)11-7-17/h6-13,19H,3-5,14-15H2,1-2H3/t19-/m0/s1. The molecule has 142 valence electrons. The molecule has 0 aromatic heterocycles.